The van der Waals surface area contributed by atoms with Crippen molar-refractivity contribution in [2.75, 3.05) is 12.8 Å². The highest BCUT2D eigenvalue weighted by Crippen LogP contribution is 2.36. The Morgan fingerprint density at radius 3 is 2.73 bits per heavy atom. The van der Waals surface area contributed by atoms with Crippen LogP contribution in [0, 0.1) is 5.82 Å². The minimum atomic E-state index is -0.558. The van der Waals surface area contributed by atoms with Gasteiger partial charge in [0, 0.05) is 27.9 Å². The first-order valence-corrected chi connectivity index (χ1v) is 7.60. The first-order chi connectivity index (χ1) is 10.5. The van der Waals surface area contributed by atoms with Gasteiger partial charge >= 0.3 is 5.97 Å². The molecule has 116 valence electrons. The van der Waals surface area contributed by atoms with E-state index in [4.69, 9.17) is 5.73 Å². The average Bonchev–Trinajstić information content (AvgIpc) is 2.86. The molecule has 2 rings (SSSR count). The molecule has 0 amide bonds. The van der Waals surface area contributed by atoms with Crippen molar-refractivity contribution < 1.29 is 18.7 Å². The lowest BCUT2D eigenvalue weighted by molar-refractivity contribution is -0.143. The van der Waals surface area contributed by atoms with Gasteiger partial charge < -0.3 is 10.5 Å². The van der Waals surface area contributed by atoms with Crippen molar-refractivity contribution in [3.63, 3.8) is 0 Å². The second kappa shape index (κ2) is 7.17. The lowest BCUT2D eigenvalue weighted by atomic mass is 10.0. The largest absolute Gasteiger partial charge is 0.469 e. The van der Waals surface area contributed by atoms with E-state index in [9.17, 15) is 14.0 Å². The molecule has 0 saturated heterocycles. The van der Waals surface area contributed by atoms with Crippen LogP contribution in [0.15, 0.2) is 29.6 Å². The summed E-state index contributed by atoms with van der Waals surface area (Å²) in [6.07, 6.45) is 0.280. The molecule has 0 bridgehead atoms. The molecule has 2 N–H and O–H groups in total. The number of rotatable bonds is 6. The van der Waals surface area contributed by atoms with Crippen molar-refractivity contribution in [1.82, 2.24) is 0 Å². The van der Waals surface area contributed by atoms with Gasteiger partial charge in [-0.3, -0.25) is 9.59 Å². The first kappa shape index (κ1) is 16.2. The standard InChI is InChI=1S/C16H16FNO3S/c1-21-15(20)8-10(19)6-7-12-14(18)9-22-16(12)11-4-2-3-5-13(11)17/h2-5,9H,6-8,18H2,1H3. The van der Waals surface area contributed by atoms with Crippen LogP contribution in [0.5, 0.6) is 0 Å². The van der Waals surface area contributed by atoms with Crippen molar-refractivity contribution in [1.29, 1.82) is 0 Å². The number of carbonyl (C=O) groups is 2. The van der Waals surface area contributed by atoms with Gasteiger partial charge in [0.05, 0.1) is 7.11 Å². The quantitative estimate of drug-likeness (QED) is 0.655. The molecule has 6 heteroatoms. The third kappa shape index (κ3) is 3.71. The van der Waals surface area contributed by atoms with Gasteiger partial charge in [-0.25, -0.2) is 4.39 Å². The molecule has 1 heterocycles. The fourth-order valence-electron chi connectivity index (χ4n) is 2.11. The van der Waals surface area contributed by atoms with Gasteiger partial charge in [-0.15, -0.1) is 11.3 Å². The summed E-state index contributed by atoms with van der Waals surface area (Å²) in [7, 11) is 1.24. The molecule has 0 unspecified atom stereocenters. The van der Waals surface area contributed by atoms with E-state index in [2.05, 4.69) is 4.74 Å². The van der Waals surface area contributed by atoms with Crippen molar-refractivity contribution in [2.24, 2.45) is 0 Å². The SMILES string of the molecule is COC(=O)CC(=O)CCc1c(N)csc1-c1ccccc1F. The Labute approximate surface area is 131 Å². The smallest absolute Gasteiger partial charge is 0.313 e. The maximum Gasteiger partial charge on any atom is 0.313 e. The molecule has 0 aliphatic carbocycles. The van der Waals surface area contributed by atoms with Crippen LogP contribution in [0.25, 0.3) is 10.4 Å². The van der Waals surface area contributed by atoms with E-state index in [1.807, 2.05) is 0 Å². The van der Waals surface area contributed by atoms with Crippen LogP contribution >= 0.6 is 11.3 Å². The number of hydrogen-bond acceptors (Lipinski definition) is 5. The summed E-state index contributed by atoms with van der Waals surface area (Å²) in [6, 6.07) is 6.44. The third-order valence-electron chi connectivity index (χ3n) is 3.27. The van der Waals surface area contributed by atoms with Crippen LogP contribution in [-0.4, -0.2) is 18.9 Å². The zero-order valence-electron chi connectivity index (χ0n) is 12.1. The van der Waals surface area contributed by atoms with E-state index in [0.29, 0.717) is 17.7 Å². The Bertz CT molecular complexity index is 696. The molecule has 0 radical (unpaired) electrons. The van der Waals surface area contributed by atoms with Crippen LogP contribution in [0.3, 0.4) is 0 Å². The Balaban J connectivity index is 2.16. The first-order valence-electron chi connectivity index (χ1n) is 6.72. The Hall–Kier alpha value is -2.21. The van der Waals surface area contributed by atoms with Crippen molar-refractivity contribution in [3.05, 3.63) is 41.0 Å². The minimum Gasteiger partial charge on any atom is -0.469 e. The second-order valence-corrected chi connectivity index (χ2v) is 5.65. The molecular formula is C16H16FNO3S. The normalized spacial score (nSPS) is 10.5. The van der Waals surface area contributed by atoms with Gasteiger partial charge in [-0.1, -0.05) is 18.2 Å². The van der Waals surface area contributed by atoms with E-state index in [1.54, 1.807) is 23.6 Å². The number of Topliss-reactive ketones (excluding diaryl/α,β-unsaturated/α-hetero) is 1. The average molecular weight is 321 g/mol. The number of anilines is 1. The van der Waals surface area contributed by atoms with Crippen molar-refractivity contribution >= 4 is 28.8 Å². The summed E-state index contributed by atoms with van der Waals surface area (Å²) in [5, 5.41) is 1.74. The van der Waals surface area contributed by atoms with Crippen molar-refractivity contribution in [2.45, 2.75) is 19.3 Å². The van der Waals surface area contributed by atoms with Crippen molar-refractivity contribution in [3.8, 4) is 10.4 Å². The Morgan fingerprint density at radius 2 is 2.05 bits per heavy atom. The van der Waals surface area contributed by atoms with Crippen LogP contribution in [0.4, 0.5) is 10.1 Å². The fraction of sp³-hybridized carbons (Fsp3) is 0.250. The molecule has 1 aromatic carbocycles. The molecule has 0 saturated carbocycles. The Morgan fingerprint density at radius 1 is 1.32 bits per heavy atom. The van der Waals surface area contributed by atoms with Gasteiger partial charge in [-0.2, -0.15) is 0 Å². The summed E-state index contributed by atoms with van der Waals surface area (Å²) in [5.41, 5.74) is 7.68. The summed E-state index contributed by atoms with van der Waals surface area (Å²) >= 11 is 1.35. The summed E-state index contributed by atoms with van der Waals surface area (Å²) in [5.74, 6) is -1.11. The molecule has 2 aromatic rings. The Kier molecular flexibility index (Phi) is 5.27. The van der Waals surface area contributed by atoms with E-state index in [-0.39, 0.29) is 24.4 Å². The zero-order chi connectivity index (χ0) is 16.1. The van der Waals surface area contributed by atoms with Crippen LogP contribution in [0.2, 0.25) is 0 Å². The van der Waals surface area contributed by atoms with Gasteiger partial charge in [-0.05, 0) is 18.1 Å². The highest BCUT2D eigenvalue weighted by molar-refractivity contribution is 7.14. The lowest BCUT2D eigenvalue weighted by Gasteiger charge is -2.06. The van der Waals surface area contributed by atoms with E-state index >= 15 is 0 Å². The molecule has 0 spiro atoms. The number of ketones is 1. The highest BCUT2D eigenvalue weighted by Gasteiger charge is 2.17. The topological polar surface area (TPSA) is 69.4 Å². The third-order valence-corrected chi connectivity index (χ3v) is 4.34. The number of carbonyl (C=O) groups excluding carboxylic acids is 2. The number of nitrogens with two attached hydrogens (primary N) is 1. The summed E-state index contributed by atoms with van der Waals surface area (Å²) in [6.45, 7) is 0. The molecular weight excluding hydrogens is 305 g/mol. The van der Waals surface area contributed by atoms with Gasteiger partial charge in [0.2, 0.25) is 0 Å². The van der Waals surface area contributed by atoms with Gasteiger partial charge in [0.1, 0.15) is 18.0 Å². The fourth-order valence-corrected chi connectivity index (χ4v) is 3.15. The number of thiophene rings is 1. The summed E-state index contributed by atoms with van der Waals surface area (Å²) < 4.78 is 18.4. The van der Waals surface area contributed by atoms with Crippen LogP contribution < -0.4 is 5.73 Å². The zero-order valence-corrected chi connectivity index (χ0v) is 12.9. The molecule has 4 nitrogen and oxygen atoms in total. The minimum absolute atomic E-state index is 0.164. The monoisotopic (exact) mass is 321 g/mol. The summed E-state index contributed by atoms with van der Waals surface area (Å²) in [4.78, 5) is 23.5. The molecule has 0 aliphatic rings. The molecule has 1 aromatic heterocycles. The molecule has 22 heavy (non-hydrogen) atoms. The molecule has 0 atom stereocenters. The van der Waals surface area contributed by atoms with Gasteiger partial charge in [0.15, 0.2) is 0 Å². The van der Waals surface area contributed by atoms with Crippen LogP contribution in [-0.2, 0) is 20.7 Å². The number of nitrogen functional groups attached to an aromatic ring is 1. The molecule has 0 fully saturated rings. The van der Waals surface area contributed by atoms with E-state index in [1.165, 1.54) is 24.5 Å². The number of benzene rings is 1. The number of halogens is 1. The number of hydrogen-bond donors (Lipinski definition) is 1. The van der Waals surface area contributed by atoms with Crippen LogP contribution in [0.1, 0.15) is 18.4 Å². The van der Waals surface area contributed by atoms with Gasteiger partial charge in [0.25, 0.3) is 0 Å². The van der Waals surface area contributed by atoms with E-state index in [0.717, 1.165) is 10.4 Å². The maximum atomic E-state index is 13.9. The lowest BCUT2D eigenvalue weighted by Crippen LogP contribution is -2.10. The number of ether oxygens (including phenoxy) is 1. The number of methoxy groups -OCH3 is 1. The van der Waals surface area contributed by atoms with E-state index < -0.39 is 5.97 Å². The molecule has 0 aliphatic heterocycles. The predicted octanol–water partition coefficient (Wildman–Crippen LogP) is 3.20. The highest BCUT2D eigenvalue weighted by atomic mass is 32.1. The second-order valence-electron chi connectivity index (χ2n) is 4.77. The maximum absolute atomic E-state index is 13.9. The number of esters is 1. The predicted molar refractivity (Wildman–Crippen MR) is 84.1 cm³/mol.